The minimum absolute atomic E-state index is 0.129. The first-order valence-corrected chi connectivity index (χ1v) is 5.15. The number of carbonyl (C=O) groups is 1. The van der Waals surface area contributed by atoms with E-state index in [9.17, 15) is 4.79 Å². The van der Waals surface area contributed by atoms with Crippen molar-refractivity contribution in [1.29, 1.82) is 0 Å². The highest BCUT2D eigenvalue weighted by molar-refractivity contribution is 5.87. The Balaban J connectivity index is 1.98. The summed E-state index contributed by atoms with van der Waals surface area (Å²) in [4.78, 5) is 12.9. The monoisotopic (exact) mass is 184 g/mol. The maximum absolute atomic E-state index is 11.1. The lowest BCUT2D eigenvalue weighted by Gasteiger charge is -2.36. The quantitative estimate of drug-likeness (QED) is 0.511. The van der Waals surface area contributed by atoms with Gasteiger partial charge in [0.25, 0.3) is 0 Å². The molecule has 3 nitrogen and oxygen atoms in total. The number of unbranched alkanes of at least 4 members (excludes halogenated alkanes) is 1. The molecule has 76 valence electrons. The highest BCUT2D eigenvalue weighted by Gasteiger charge is 2.32. The Bertz CT molecular complexity index is 180. The summed E-state index contributed by atoms with van der Waals surface area (Å²) >= 11 is 0. The highest BCUT2D eigenvalue weighted by atomic mass is 16.2. The predicted molar refractivity (Wildman–Crippen MR) is 53.2 cm³/mol. The third-order valence-corrected chi connectivity index (χ3v) is 2.51. The third-order valence-electron chi connectivity index (χ3n) is 2.51. The van der Waals surface area contributed by atoms with Gasteiger partial charge in [-0.1, -0.05) is 26.7 Å². The average Bonchev–Trinajstić information content (AvgIpc) is 2.09. The minimum Gasteiger partial charge on any atom is -0.339 e. The number of nitrogens with zero attached hydrogens (tertiary/aromatic N) is 1. The van der Waals surface area contributed by atoms with E-state index in [1.54, 1.807) is 0 Å². The number of amides is 1. The van der Waals surface area contributed by atoms with Gasteiger partial charge in [0.1, 0.15) is 6.04 Å². The first kappa shape index (κ1) is 10.5. The van der Waals surface area contributed by atoms with E-state index in [-0.39, 0.29) is 11.9 Å². The molecule has 0 bridgehead atoms. The van der Waals surface area contributed by atoms with E-state index in [0.29, 0.717) is 0 Å². The summed E-state index contributed by atoms with van der Waals surface area (Å²) in [5.41, 5.74) is 5.47. The lowest BCUT2D eigenvalue weighted by atomic mass is 10.0. The molecule has 13 heavy (non-hydrogen) atoms. The van der Waals surface area contributed by atoms with Gasteiger partial charge < -0.3 is 10.6 Å². The van der Waals surface area contributed by atoms with E-state index in [0.717, 1.165) is 25.4 Å². The molecule has 1 aliphatic rings. The Morgan fingerprint density at radius 3 is 2.69 bits per heavy atom. The van der Waals surface area contributed by atoms with Crippen molar-refractivity contribution in [3.8, 4) is 0 Å². The van der Waals surface area contributed by atoms with Crippen molar-refractivity contribution in [2.75, 3.05) is 13.1 Å². The minimum atomic E-state index is -0.204. The Kier molecular flexibility index (Phi) is 3.72. The standard InChI is InChI=1S/C10H20N2O/c1-8(2)5-3-4-6-12-7-9(11)10(12)13/h8-9H,3-7,11H2,1-2H3. The fraction of sp³-hybridized carbons (Fsp3) is 0.900. The van der Waals surface area contributed by atoms with Crippen LogP contribution in [0.5, 0.6) is 0 Å². The molecule has 1 saturated heterocycles. The Morgan fingerprint density at radius 1 is 1.54 bits per heavy atom. The van der Waals surface area contributed by atoms with Gasteiger partial charge in [-0.25, -0.2) is 0 Å². The molecule has 1 unspecified atom stereocenters. The van der Waals surface area contributed by atoms with Crippen LogP contribution in [0.1, 0.15) is 33.1 Å². The Hall–Kier alpha value is -0.570. The zero-order valence-electron chi connectivity index (χ0n) is 8.62. The smallest absolute Gasteiger partial charge is 0.241 e. The molecule has 1 aliphatic heterocycles. The normalized spacial score (nSPS) is 22.3. The first-order valence-electron chi connectivity index (χ1n) is 5.15. The number of β-lactam (4-membered cyclic amide) rings is 1. The van der Waals surface area contributed by atoms with E-state index in [1.165, 1.54) is 12.8 Å². The van der Waals surface area contributed by atoms with Crippen molar-refractivity contribution >= 4 is 5.91 Å². The van der Waals surface area contributed by atoms with Crippen LogP contribution in [0.4, 0.5) is 0 Å². The summed E-state index contributed by atoms with van der Waals surface area (Å²) in [5.74, 6) is 0.902. The van der Waals surface area contributed by atoms with Gasteiger partial charge in [-0.05, 0) is 12.3 Å². The van der Waals surface area contributed by atoms with Gasteiger partial charge in [-0.15, -0.1) is 0 Å². The van der Waals surface area contributed by atoms with Crippen molar-refractivity contribution < 1.29 is 4.79 Å². The molecular formula is C10H20N2O. The molecule has 1 heterocycles. The molecule has 1 amide bonds. The summed E-state index contributed by atoms with van der Waals surface area (Å²) in [6.45, 7) is 6.12. The lowest BCUT2D eigenvalue weighted by molar-refractivity contribution is -0.142. The number of nitrogens with two attached hydrogens (primary N) is 1. The molecule has 1 fully saturated rings. The lowest BCUT2D eigenvalue weighted by Crippen LogP contribution is -2.60. The SMILES string of the molecule is CC(C)CCCCN1CC(N)C1=O. The van der Waals surface area contributed by atoms with Crippen molar-refractivity contribution in [2.24, 2.45) is 11.7 Å². The Morgan fingerprint density at radius 2 is 2.23 bits per heavy atom. The van der Waals surface area contributed by atoms with Crippen molar-refractivity contribution in [3.63, 3.8) is 0 Å². The van der Waals surface area contributed by atoms with Crippen LogP contribution in [0.25, 0.3) is 0 Å². The molecular weight excluding hydrogens is 164 g/mol. The van der Waals surface area contributed by atoms with E-state index < -0.39 is 0 Å². The van der Waals surface area contributed by atoms with Crippen LogP contribution in [0.2, 0.25) is 0 Å². The van der Waals surface area contributed by atoms with Crippen molar-refractivity contribution in [3.05, 3.63) is 0 Å². The summed E-state index contributed by atoms with van der Waals surface area (Å²) in [5, 5.41) is 0. The van der Waals surface area contributed by atoms with Gasteiger partial charge in [-0.3, -0.25) is 4.79 Å². The van der Waals surface area contributed by atoms with Crippen LogP contribution in [-0.2, 0) is 4.79 Å². The topological polar surface area (TPSA) is 46.3 Å². The summed E-state index contributed by atoms with van der Waals surface area (Å²) < 4.78 is 0. The highest BCUT2D eigenvalue weighted by Crippen LogP contribution is 2.11. The molecule has 0 saturated carbocycles. The van der Waals surface area contributed by atoms with Crippen LogP contribution < -0.4 is 5.73 Å². The van der Waals surface area contributed by atoms with Gasteiger partial charge >= 0.3 is 0 Å². The largest absolute Gasteiger partial charge is 0.339 e. The second kappa shape index (κ2) is 4.61. The maximum atomic E-state index is 11.1. The fourth-order valence-corrected chi connectivity index (χ4v) is 1.58. The zero-order chi connectivity index (χ0) is 9.84. The average molecular weight is 184 g/mol. The van der Waals surface area contributed by atoms with Crippen molar-refractivity contribution in [2.45, 2.75) is 39.2 Å². The summed E-state index contributed by atoms with van der Waals surface area (Å²) in [7, 11) is 0. The van der Waals surface area contributed by atoms with Crippen LogP contribution in [-0.4, -0.2) is 29.9 Å². The van der Waals surface area contributed by atoms with Crippen LogP contribution in [0.3, 0.4) is 0 Å². The number of hydrogen-bond donors (Lipinski definition) is 1. The maximum Gasteiger partial charge on any atom is 0.241 e. The molecule has 0 aromatic rings. The molecule has 1 rings (SSSR count). The van der Waals surface area contributed by atoms with E-state index in [2.05, 4.69) is 13.8 Å². The van der Waals surface area contributed by atoms with Crippen molar-refractivity contribution in [1.82, 2.24) is 4.90 Å². The Labute approximate surface area is 80.3 Å². The van der Waals surface area contributed by atoms with Crippen LogP contribution >= 0.6 is 0 Å². The van der Waals surface area contributed by atoms with Gasteiger partial charge in [0.2, 0.25) is 5.91 Å². The molecule has 2 N–H and O–H groups in total. The summed E-state index contributed by atoms with van der Waals surface area (Å²) in [6, 6.07) is -0.204. The summed E-state index contributed by atoms with van der Waals surface area (Å²) in [6.07, 6.45) is 3.60. The number of rotatable bonds is 5. The second-order valence-corrected chi connectivity index (χ2v) is 4.28. The number of carbonyl (C=O) groups excluding carboxylic acids is 1. The van der Waals surface area contributed by atoms with E-state index >= 15 is 0 Å². The zero-order valence-corrected chi connectivity index (χ0v) is 8.62. The van der Waals surface area contributed by atoms with Gasteiger partial charge in [-0.2, -0.15) is 0 Å². The molecule has 3 heteroatoms. The van der Waals surface area contributed by atoms with Crippen LogP contribution in [0.15, 0.2) is 0 Å². The number of likely N-dealkylation sites (tertiary alicyclic amines) is 1. The molecule has 0 radical (unpaired) electrons. The second-order valence-electron chi connectivity index (χ2n) is 4.28. The van der Waals surface area contributed by atoms with Crippen LogP contribution in [0, 0.1) is 5.92 Å². The number of hydrogen-bond acceptors (Lipinski definition) is 2. The molecule has 0 aromatic carbocycles. The predicted octanol–water partition coefficient (Wildman–Crippen LogP) is 0.982. The molecule has 0 aromatic heterocycles. The third kappa shape index (κ3) is 2.99. The molecule has 1 atom stereocenters. The van der Waals surface area contributed by atoms with E-state index in [1.807, 2.05) is 4.90 Å². The van der Waals surface area contributed by atoms with Gasteiger partial charge in [0, 0.05) is 13.1 Å². The first-order chi connectivity index (χ1) is 6.11. The van der Waals surface area contributed by atoms with Gasteiger partial charge in [0.15, 0.2) is 0 Å². The van der Waals surface area contributed by atoms with E-state index in [4.69, 9.17) is 5.73 Å². The molecule has 0 spiro atoms. The molecule has 0 aliphatic carbocycles. The fourth-order valence-electron chi connectivity index (χ4n) is 1.58. The van der Waals surface area contributed by atoms with Gasteiger partial charge in [0.05, 0.1) is 0 Å².